The van der Waals surface area contributed by atoms with Crippen LogP contribution in [-0.4, -0.2) is 49.3 Å². The topological polar surface area (TPSA) is 35.5 Å². The van der Waals surface area contributed by atoms with Crippen molar-refractivity contribution in [2.24, 2.45) is 5.92 Å². The molecule has 0 atom stereocenters. The second-order valence-corrected chi connectivity index (χ2v) is 5.52. The lowest BCUT2D eigenvalue weighted by molar-refractivity contribution is 0.0996. The molecule has 3 heteroatoms. The highest BCUT2D eigenvalue weighted by Crippen LogP contribution is 2.33. The third-order valence-electron chi connectivity index (χ3n) is 4.00. The van der Waals surface area contributed by atoms with Crippen LogP contribution in [0.15, 0.2) is 0 Å². The molecule has 96 valence electrons. The second-order valence-electron chi connectivity index (χ2n) is 5.52. The fraction of sp³-hybridized carbons (Fsp3) is 1.00. The minimum absolute atomic E-state index is 0.0156. The van der Waals surface area contributed by atoms with E-state index in [1.807, 2.05) is 0 Å². The van der Waals surface area contributed by atoms with E-state index in [2.05, 4.69) is 31.2 Å². The fourth-order valence-electron chi connectivity index (χ4n) is 2.57. The number of nitrogens with one attached hydrogen (secondary N) is 1. The van der Waals surface area contributed by atoms with Crippen molar-refractivity contribution in [2.75, 3.05) is 33.8 Å². The highest BCUT2D eigenvalue weighted by atomic mass is 16.3. The van der Waals surface area contributed by atoms with Crippen molar-refractivity contribution >= 4 is 0 Å². The van der Waals surface area contributed by atoms with Gasteiger partial charge in [0.15, 0.2) is 0 Å². The average molecular weight is 228 g/mol. The summed E-state index contributed by atoms with van der Waals surface area (Å²) in [7, 11) is 4.17. The van der Waals surface area contributed by atoms with Gasteiger partial charge in [0.2, 0.25) is 0 Å². The predicted molar refractivity (Wildman–Crippen MR) is 68.6 cm³/mol. The van der Waals surface area contributed by atoms with Gasteiger partial charge in [-0.05, 0) is 45.7 Å². The Bertz CT molecular complexity index is 186. The van der Waals surface area contributed by atoms with Gasteiger partial charge in [-0.3, -0.25) is 0 Å². The molecule has 16 heavy (non-hydrogen) atoms. The Morgan fingerprint density at radius 2 is 1.94 bits per heavy atom. The Morgan fingerprint density at radius 1 is 1.31 bits per heavy atom. The van der Waals surface area contributed by atoms with E-state index in [9.17, 15) is 5.11 Å². The molecule has 1 rings (SSSR count). The summed E-state index contributed by atoms with van der Waals surface area (Å²) in [5.41, 5.74) is 0.0156. The lowest BCUT2D eigenvalue weighted by Crippen LogP contribution is -2.52. The molecule has 1 saturated carbocycles. The van der Waals surface area contributed by atoms with Crippen molar-refractivity contribution in [1.29, 1.82) is 0 Å². The molecule has 0 aromatic rings. The molecule has 1 aliphatic carbocycles. The number of hydrogen-bond donors (Lipinski definition) is 2. The molecule has 1 fully saturated rings. The average Bonchev–Trinajstić information content (AvgIpc) is 2.29. The van der Waals surface area contributed by atoms with Gasteiger partial charge in [-0.25, -0.2) is 0 Å². The van der Waals surface area contributed by atoms with Gasteiger partial charge >= 0.3 is 0 Å². The van der Waals surface area contributed by atoms with E-state index >= 15 is 0 Å². The van der Waals surface area contributed by atoms with Crippen molar-refractivity contribution < 1.29 is 5.11 Å². The Labute approximate surface area is 100 Å². The molecule has 0 saturated heterocycles. The minimum Gasteiger partial charge on any atom is -0.394 e. The highest BCUT2D eigenvalue weighted by Gasteiger charge is 2.33. The third kappa shape index (κ3) is 4.04. The van der Waals surface area contributed by atoms with Crippen LogP contribution in [-0.2, 0) is 0 Å². The van der Waals surface area contributed by atoms with Gasteiger partial charge in [-0.15, -0.1) is 0 Å². The first-order chi connectivity index (χ1) is 7.62. The molecule has 0 heterocycles. The van der Waals surface area contributed by atoms with Crippen LogP contribution >= 0.6 is 0 Å². The Balaban J connectivity index is 2.34. The molecule has 0 radical (unpaired) electrons. The Morgan fingerprint density at radius 3 is 2.38 bits per heavy atom. The van der Waals surface area contributed by atoms with Crippen LogP contribution in [0.5, 0.6) is 0 Å². The molecular formula is C13H28N2O. The van der Waals surface area contributed by atoms with Crippen LogP contribution < -0.4 is 5.32 Å². The maximum absolute atomic E-state index is 9.59. The quantitative estimate of drug-likeness (QED) is 0.722. The van der Waals surface area contributed by atoms with Gasteiger partial charge in [-0.1, -0.05) is 13.3 Å². The summed E-state index contributed by atoms with van der Waals surface area (Å²) in [6.07, 6.45) is 6.10. The molecule has 3 nitrogen and oxygen atoms in total. The van der Waals surface area contributed by atoms with Crippen LogP contribution in [0, 0.1) is 5.92 Å². The molecule has 0 bridgehead atoms. The van der Waals surface area contributed by atoms with Gasteiger partial charge in [-0.2, -0.15) is 0 Å². The van der Waals surface area contributed by atoms with Crippen molar-refractivity contribution in [1.82, 2.24) is 10.2 Å². The normalized spacial score (nSPS) is 30.9. The Hall–Kier alpha value is -0.120. The summed E-state index contributed by atoms with van der Waals surface area (Å²) >= 11 is 0. The van der Waals surface area contributed by atoms with Gasteiger partial charge < -0.3 is 15.3 Å². The van der Waals surface area contributed by atoms with Gasteiger partial charge in [0, 0.05) is 18.6 Å². The van der Waals surface area contributed by atoms with Gasteiger partial charge in [0.05, 0.1) is 6.61 Å². The van der Waals surface area contributed by atoms with E-state index < -0.39 is 0 Å². The van der Waals surface area contributed by atoms with Crippen LogP contribution in [0.25, 0.3) is 0 Å². The van der Waals surface area contributed by atoms with Crippen LogP contribution in [0.2, 0.25) is 0 Å². The molecule has 0 spiro atoms. The minimum atomic E-state index is 0.0156. The van der Waals surface area contributed by atoms with Crippen molar-refractivity contribution in [3.05, 3.63) is 0 Å². The SMILES string of the molecule is CCC1CCC(CO)(NCCN(C)C)CC1. The maximum Gasteiger partial charge on any atom is 0.0613 e. The van der Waals surface area contributed by atoms with Crippen LogP contribution in [0.1, 0.15) is 39.0 Å². The molecule has 0 amide bonds. The number of nitrogens with zero attached hydrogens (tertiary/aromatic N) is 1. The summed E-state index contributed by atoms with van der Waals surface area (Å²) in [6.45, 7) is 4.58. The van der Waals surface area contributed by atoms with E-state index in [4.69, 9.17) is 0 Å². The summed E-state index contributed by atoms with van der Waals surface area (Å²) in [5, 5.41) is 13.2. The highest BCUT2D eigenvalue weighted by molar-refractivity contribution is 4.92. The van der Waals surface area contributed by atoms with Crippen molar-refractivity contribution in [3.8, 4) is 0 Å². The summed E-state index contributed by atoms with van der Waals surface area (Å²) < 4.78 is 0. The number of aliphatic hydroxyl groups is 1. The molecule has 0 unspecified atom stereocenters. The first-order valence-electron chi connectivity index (χ1n) is 6.62. The van der Waals surface area contributed by atoms with Crippen molar-refractivity contribution in [2.45, 2.75) is 44.6 Å². The zero-order valence-corrected chi connectivity index (χ0v) is 11.1. The van der Waals surface area contributed by atoms with E-state index in [0.29, 0.717) is 0 Å². The molecule has 0 aliphatic heterocycles. The first kappa shape index (κ1) is 13.9. The van der Waals surface area contributed by atoms with E-state index in [1.54, 1.807) is 0 Å². The zero-order valence-electron chi connectivity index (χ0n) is 11.1. The van der Waals surface area contributed by atoms with E-state index in [1.165, 1.54) is 19.3 Å². The molecule has 2 N–H and O–H groups in total. The second kappa shape index (κ2) is 6.58. The fourth-order valence-corrected chi connectivity index (χ4v) is 2.57. The monoisotopic (exact) mass is 228 g/mol. The third-order valence-corrected chi connectivity index (χ3v) is 4.00. The largest absolute Gasteiger partial charge is 0.394 e. The predicted octanol–water partition coefficient (Wildman–Crippen LogP) is 1.47. The number of hydrogen-bond acceptors (Lipinski definition) is 3. The van der Waals surface area contributed by atoms with E-state index in [0.717, 1.165) is 31.8 Å². The van der Waals surface area contributed by atoms with E-state index in [-0.39, 0.29) is 12.1 Å². The maximum atomic E-state index is 9.59. The number of likely N-dealkylation sites (N-methyl/N-ethyl adjacent to an activating group) is 1. The summed E-state index contributed by atoms with van der Waals surface area (Å²) in [5.74, 6) is 0.885. The lowest BCUT2D eigenvalue weighted by Gasteiger charge is -2.40. The zero-order chi connectivity index (χ0) is 12.0. The van der Waals surface area contributed by atoms with Crippen LogP contribution in [0.3, 0.4) is 0 Å². The summed E-state index contributed by atoms with van der Waals surface area (Å²) in [6, 6.07) is 0. The lowest BCUT2D eigenvalue weighted by atomic mass is 9.76. The number of rotatable bonds is 6. The standard InChI is InChI=1S/C13H28N2O/c1-4-12-5-7-13(11-16,8-6-12)14-9-10-15(2)3/h12,14,16H,4-11H2,1-3H3. The Kier molecular flexibility index (Phi) is 5.73. The smallest absolute Gasteiger partial charge is 0.0613 e. The molecular weight excluding hydrogens is 200 g/mol. The molecule has 0 aromatic heterocycles. The van der Waals surface area contributed by atoms with Gasteiger partial charge in [0.1, 0.15) is 0 Å². The molecule has 0 aromatic carbocycles. The summed E-state index contributed by atoms with van der Waals surface area (Å²) in [4.78, 5) is 2.18. The first-order valence-corrected chi connectivity index (χ1v) is 6.62. The van der Waals surface area contributed by atoms with Gasteiger partial charge in [0.25, 0.3) is 0 Å². The number of aliphatic hydroxyl groups excluding tert-OH is 1. The van der Waals surface area contributed by atoms with Crippen molar-refractivity contribution in [3.63, 3.8) is 0 Å². The molecule has 1 aliphatic rings. The van der Waals surface area contributed by atoms with Crippen LogP contribution in [0.4, 0.5) is 0 Å².